The van der Waals surface area contributed by atoms with E-state index in [4.69, 9.17) is 5.11 Å². The SMILES string of the molecule is C=C(CC(=O)O)C1CCCCN1. The third kappa shape index (κ3) is 2.66. The summed E-state index contributed by atoms with van der Waals surface area (Å²) in [7, 11) is 0. The highest BCUT2D eigenvalue weighted by atomic mass is 16.4. The predicted molar refractivity (Wildman–Crippen MR) is 47.0 cm³/mol. The van der Waals surface area contributed by atoms with Crippen molar-refractivity contribution in [2.45, 2.75) is 31.7 Å². The van der Waals surface area contributed by atoms with E-state index in [-0.39, 0.29) is 12.5 Å². The van der Waals surface area contributed by atoms with Crippen LogP contribution < -0.4 is 5.32 Å². The van der Waals surface area contributed by atoms with E-state index in [9.17, 15) is 4.79 Å². The smallest absolute Gasteiger partial charge is 0.307 e. The van der Waals surface area contributed by atoms with Gasteiger partial charge in [-0.3, -0.25) is 4.79 Å². The second-order valence-electron chi connectivity index (χ2n) is 3.23. The predicted octanol–water partition coefficient (Wildman–Crippen LogP) is 1.16. The molecule has 0 saturated carbocycles. The zero-order chi connectivity index (χ0) is 8.97. The van der Waals surface area contributed by atoms with Crippen LogP contribution in [0.1, 0.15) is 25.7 Å². The molecule has 0 bridgehead atoms. The summed E-state index contributed by atoms with van der Waals surface area (Å²) in [6.07, 6.45) is 3.50. The maximum atomic E-state index is 10.4. The highest BCUT2D eigenvalue weighted by Crippen LogP contribution is 2.15. The summed E-state index contributed by atoms with van der Waals surface area (Å²) in [6.45, 7) is 4.76. The molecule has 1 unspecified atom stereocenters. The average Bonchev–Trinajstić information content (AvgIpc) is 2.05. The van der Waals surface area contributed by atoms with Crippen LogP contribution >= 0.6 is 0 Å². The van der Waals surface area contributed by atoms with E-state index in [1.54, 1.807) is 0 Å². The van der Waals surface area contributed by atoms with Gasteiger partial charge in [-0.1, -0.05) is 13.0 Å². The standard InChI is InChI=1S/C9H15NO2/c1-7(6-9(11)12)8-4-2-3-5-10-8/h8,10H,1-6H2,(H,11,12). The van der Waals surface area contributed by atoms with Crippen molar-refractivity contribution < 1.29 is 9.90 Å². The van der Waals surface area contributed by atoms with Gasteiger partial charge < -0.3 is 10.4 Å². The van der Waals surface area contributed by atoms with E-state index >= 15 is 0 Å². The minimum absolute atomic E-state index is 0.0949. The number of hydrogen-bond acceptors (Lipinski definition) is 2. The Morgan fingerprint density at radius 1 is 1.58 bits per heavy atom. The molecule has 1 aliphatic heterocycles. The number of carbonyl (C=O) groups is 1. The first-order chi connectivity index (χ1) is 5.70. The number of aliphatic carboxylic acids is 1. The Hall–Kier alpha value is -0.830. The van der Waals surface area contributed by atoms with E-state index in [1.165, 1.54) is 12.8 Å². The number of rotatable bonds is 3. The molecular formula is C9H15NO2. The van der Waals surface area contributed by atoms with Crippen LogP contribution in [0.25, 0.3) is 0 Å². The average molecular weight is 169 g/mol. The summed E-state index contributed by atoms with van der Waals surface area (Å²) in [5, 5.41) is 11.8. The summed E-state index contributed by atoms with van der Waals surface area (Å²) < 4.78 is 0. The Morgan fingerprint density at radius 3 is 2.83 bits per heavy atom. The summed E-state index contributed by atoms with van der Waals surface area (Å²) in [6, 6.07) is 0.231. The Balaban J connectivity index is 2.34. The topological polar surface area (TPSA) is 49.3 Å². The summed E-state index contributed by atoms with van der Waals surface area (Å²) in [4.78, 5) is 10.4. The molecule has 1 fully saturated rings. The van der Waals surface area contributed by atoms with Crippen molar-refractivity contribution in [3.05, 3.63) is 12.2 Å². The van der Waals surface area contributed by atoms with Gasteiger partial charge in [0.25, 0.3) is 0 Å². The van der Waals surface area contributed by atoms with E-state index < -0.39 is 5.97 Å². The normalized spacial score (nSPS) is 23.5. The van der Waals surface area contributed by atoms with Crippen molar-refractivity contribution in [3.63, 3.8) is 0 Å². The molecule has 3 nitrogen and oxygen atoms in total. The minimum Gasteiger partial charge on any atom is -0.481 e. The van der Waals surface area contributed by atoms with Gasteiger partial charge in [-0.05, 0) is 25.0 Å². The third-order valence-electron chi connectivity index (χ3n) is 2.18. The van der Waals surface area contributed by atoms with Gasteiger partial charge in [0.05, 0.1) is 6.42 Å². The highest BCUT2D eigenvalue weighted by molar-refractivity contribution is 5.70. The fraction of sp³-hybridized carbons (Fsp3) is 0.667. The number of carboxylic acids is 1. The highest BCUT2D eigenvalue weighted by Gasteiger charge is 2.16. The zero-order valence-corrected chi connectivity index (χ0v) is 7.18. The first-order valence-electron chi connectivity index (χ1n) is 4.33. The van der Waals surface area contributed by atoms with Crippen molar-refractivity contribution in [2.24, 2.45) is 0 Å². The molecule has 12 heavy (non-hydrogen) atoms. The summed E-state index contributed by atoms with van der Waals surface area (Å²) >= 11 is 0. The molecule has 68 valence electrons. The molecule has 1 saturated heterocycles. The van der Waals surface area contributed by atoms with E-state index in [2.05, 4.69) is 11.9 Å². The summed E-state index contributed by atoms with van der Waals surface area (Å²) in [5.74, 6) is -0.785. The lowest BCUT2D eigenvalue weighted by Crippen LogP contribution is -2.35. The van der Waals surface area contributed by atoms with Crippen LogP contribution in [0.15, 0.2) is 12.2 Å². The first kappa shape index (κ1) is 9.26. The van der Waals surface area contributed by atoms with Crippen LogP contribution in [0.2, 0.25) is 0 Å². The lowest BCUT2D eigenvalue weighted by Gasteiger charge is -2.24. The molecule has 0 amide bonds. The van der Waals surface area contributed by atoms with Crippen LogP contribution in [0.5, 0.6) is 0 Å². The van der Waals surface area contributed by atoms with Gasteiger partial charge in [0.1, 0.15) is 0 Å². The Morgan fingerprint density at radius 2 is 2.33 bits per heavy atom. The van der Waals surface area contributed by atoms with Crippen molar-refractivity contribution in [2.75, 3.05) is 6.54 Å². The Kier molecular flexibility index (Phi) is 3.29. The van der Waals surface area contributed by atoms with Crippen molar-refractivity contribution in [1.82, 2.24) is 5.32 Å². The molecule has 1 aliphatic rings. The first-order valence-corrected chi connectivity index (χ1v) is 4.33. The monoisotopic (exact) mass is 169 g/mol. The van der Waals surface area contributed by atoms with Gasteiger partial charge in [0, 0.05) is 6.04 Å². The van der Waals surface area contributed by atoms with Gasteiger partial charge >= 0.3 is 5.97 Å². The van der Waals surface area contributed by atoms with Crippen molar-refractivity contribution >= 4 is 5.97 Å². The lowest BCUT2D eigenvalue weighted by atomic mass is 9.97. The largest absolute Gasteiger partial charge is 0.481 e. The molecule has 0 aliphatic carbocycles. The van der Waals surface area contributed by atoms with Crippen LogP contribution in [0.3, 0.4) is 0 Å². The quantitative estimate of drug-likeness (QED) is 0.623. The molecular weight excluding hydrogens is 154 g/mol. The fourth-order valence-corrected chi connectivity index (χ4v) is 1.52. The molecule has 0 aromatic rings. The maximum absolute atomic E-state index is 10.4. The second kappa shape index (κ2) is 4.26. The molecule has 0 radical (unpaired) electrons. The molecule has 2 N–H and O–H groups in total. The Labute approximate surface area is 72.5 Å². The molecule has 1 rings (SSSR count). The molecule has 0 aromatic carbocycles. The zero-order valence-electron chi connectivity index (χ0n) is 7.18. The van der Waals surface area contributed by atoms with Crippen LogP contribution in [-0.2, 0) is 4.79 Å². The second-order valence-corrected chi connectivity index (χ2v) is 3.23. The summed E-state index contributed by atoms with van der Waals surface area (Å²) in [5.41, 5.74) is 0.808. The maximum Gasteiger partial charge on any atom is 0.307 e. The van der Waals surface area contributed by atoms with E-state index in [0.29, 0.717) is 0 Å². The minimum atomic E-state index is -0.785. The van der Waals surface area contributed by atoms with Crippen molar-refractivity contribution in [1.29, 1.82) is 0 Å². The molecule has 0 aromatic heterocycles. The Bertz CT molecular complexity index is 183. The molecule has 0 spiro atoms. The van der Waals surface area contributed by atoms with Crippen LogP contribution in [0, 0.1) is 0 Å². The van der Waals surface area contributed by atoms with E-state index in [0.717, 1.165) is 18.5 Å². The van der Waals surface area contributed by atoms with Gasteiger partial charge in [-0.25, -0.2) is 0 Å². The van der Waals surface area contributed by atoms with Gasteiger partial charge in [-0.2, -0.15) is 0 Å². The van der Waals surface area contributed by atoms with Gasteiger partial charge in [-0.15, -0.1) is 0 Å². The van der Waals surface area contributed by atoms with Gasteiger partial charge in [0.2, 0.25) is 0 Å². The number of piperidine rings is 1. The van der Waals surface area contributed by atoms with Crippen molar-refractivity contribution in [3.8, 4) is 0 Å². The molecule has 1 atom stereocenters. The number of hydrogen-bond donors (Lipinski definition) is 2. The fourth-order valence-electron chi connectivity index (χ4n) is 1.52. The number of nitrogens with one attached hydrogen (secondary N) is 1. The number of carboxylic acid groups (broad SMARTS) is 1. The van der Waals surface area contributed by atoms with E-state index in [1.807, 2.05) is 0 Å². The van der Waals surface area contributed by atoms with Gasteiger partial charge in [0.15, 0.2) is 0 Å². The molecule has 1 heterocycles. The lowest BCUT2D eigenvalue weighted by molar-refractivity contribution is -0.136. The molecule has 3 heteroatoms. The van der Waals surface area contributed by atoms with Crippen LogP contribution in [0.4, 0.5) is 0 Å². The third-order valence-corrected chi connectivity index (χ3v) is 2.18. The van der Waals surface area contributed by atoms with Crippen LogP contribution in [-0.4, -0.2) is 23.7 Å².